The summed E-state index contributed by atoms with van der Waals surface area (Å²) in [4.78, 5) is 31.1. The molecule has 0 spiro atoms. The van der Waals surface area contributed by atoms with Gasteiger partial charge in [-0.1, -0.05) is 38.1 Å². The summed E-state index contributed by atoms with van der Waals surface area (Å²) in [5.74, 6) is -0.456. The smallest absolute Gasteiger partial charge is 0.254 e. The second-order valence-electron chi connectivity index (χ2n) is 6.76. The molecule has 3 rings (SSSR count). The molecule has 1 N–H and O–H groups in total. The third-order valence-corrected chi connectivity index (χ3v) is 6.26. The van der Waals surface area contributed by atoms with Gasteiger partial charge in [-0.3, -0.25) is 9.59 Å². The normalized spacial score (nSPS) is 19.3. The van der Waals surface area contributed by atoms with Gasteiger partial charge in [0.15, 0.2) is 0 Å². The molecule has 1 aromatic carbocycles. The Morgan fingerprint density at radius 1 is 1.19 bits per heavy atom. The van der Waals surface area contributed by atoms with E-state index in [2.05, 4.69) is 24.1 Å². The van der Waals surface area contributed by atoms with Gasteiger partial charge in [-0.25, -0.2) is 0 Å². The quantitative estimate of drug-likeness (QED) is 0.797. The number of amides is 2. The van der Waals surface area contributed by atoms with Gasteiger partial charge >= 0.3 is 0 Å². The fourth-order valence-electron chi connectivity index (χ4n) is 3.76. The van der Waals surface area contributed by atoms with Gasteiger partial charge < -0.3 is 15.1 Å². The molecule has 27 heavy (non-hydrogen) atoms. The second kappa shape index (κ2) is 8.67. The van der Waals surface area contributed by atoms with Crippen LogP contribution in [-0.4, -0.2) is 54.8 Å². The minimum atomic E-state index is -0.403. The lowest BCUT2D eigenvalue weighted by Crippen LogP contribution is -2.46. The van der Waals surface area contributed by atoms with E-state index in [1.807, 2.05) is 41.8 Å². The van der Waals surface area contributed by atoms with E-state index >= 15 is 0 Å². The maximum absolute atomic E-state index is 13.2. The largest absolute Gasteiger partial charge is 0.354 e. The molecule has 0 unspecified atom stereocenters. The lowest BCUT2D eigenvalue weighted by atomic mass is 9.82. The van der Waals surface area contributed by atoms with E-state index in [4.69, 9.17) is 0 Å². The van der Waals surface area contributed by atoms with E-state index in [0.717, 1.165) is 30.1 Å². The summed E-state index contributed by atoms with van der Waals surface area (Å²) in [6.45, 7) is 7.60. The minimum absolute atomic E-state index is 0.0210. The number of nitrogens with one attached hydrogen (secondary N) is 1. The van der Waals surface area contributed by atoms with Gasteiger partial charge in [0.05, 0.1) is 12.0 Å². The van der Waals surface area contributed by atoms with Crippen molar-refractivity contribution < 1.29 is 9.59 Å². The first-order valence-electron chi connectivity index (χ1n) is 9.48. The number of carbonyl (C=O) groups is 2. The number of hydrogen-bond acceptors (Lipinski definition) is 4. The van der Waals surface area contributed by atoms with E-state index in [1.54, 1.807) is 23.3 Å². The molecule has 0 aliphatic carbocycles. The summed E-state index contributed by atoms with van der Waals surface area (Å²) >= 11 is 1.58. The highest BCUT2D eigenvalue weighted by Gasteiger charge is 2.42. The average molecular weight is 386 g/mol. The Balaban J connectivity index is 1.89. The molecule has 0 bridgehead atoms. The van der Waals surface area contributed by atoms with E-state index < -0.39 is 5.92 Å². The molecule has 2 atom stereocenters. The predicted molar refractivity (Wildman–Crippen MR) is 109 cm³/mol. The van der Waals surface area contributed by atoms with E-state index in [0.29, 0.717) is 12.1 Å². The Labute approximate surface area is 165 Å². The minimum Gasteiger partial charge on any atom is -0.354 e. The standard InChI is InChI=1S/C21H27N3O2S/c1-4-24(5-2)13-12-22-20(25)18-15-9-6-7-10-16(15)21(26)23(3)19(18)17-11-8-14-27-17/h6-11,14,18-19H,4-5,12-13H2,1-3H3,(H,22,25)/t18-,19-/m1/s1. The first-order valence-corrected chi connectivity index (χ1v) is 10.4. The van der Waals surface area contributed by atoms with Crippen molar-refractivity contribution in [1.29, 1.82) is 0 Å². The van der Waals surface area contributed by atoms with Crippen LogP contribution in [0.1, 0.15) is 46.6 Å². The highest BCUT2D eigenvalue weighted by Crippen LogP contribution is 2.43. The van der Waals surface area contributed by atoms with Crippen LogP contribution in [0.2, 0.25) is 0 Å². The van der Waals surface area contributed by atoms with E-state index in [1.165, 1.54) is 0 Å². The van der Waals surface area contributed by atoms with Crippen LogP contribution in [0.5, 0.6) is 0 Å². The van der Waals surface area contributed by atoms with Crippen LogP contribution in [-0.2, 0) is 4.79 Å². The lowest BCUT2D eigenvalue weighted by molar-refractivity contribution is -0.124. The number of fused-ring (bicyclic) bond motifs is 1. The number of nitrogens with zero attached hydrogens (tertiary/aromatic N) is 2. The third kappa shape index (κ3) is 3.92. The Morgan fingerprint density at radius 3 is 2.59 bits per heavy atom. The molecule has 1 aliphatic heterocycles. The Bertz CT molecular complexity index is 786. The summed E-state index contributed by atoms with van der Waals surface area (Å²) in [7, 11) is 1.79. The van der Waals surface area contributed by atoms with Crippen LogP contribution in [0.4, 0.5) is 0 Å². The van der Waals surface area contributed by atoms with Gasteiger partial charge in [-0.05, 0) is 36.2 Å². The molecule has 2 aromatic rings. The topological polar surface area (TPSA) is 52.7 Å². The Kier molecular flexibility index (Phi) is 6.29. The molecule has 2 heterocycles. The van der Waals surface area contributed by atoms with Crippen molar-refractivity contribution in [2.45, 2.75) is 25.8 Å². The van der Waals surface area contributed by atoms with Crippen LogP contribution >= 0.6 is 11.3 Å². The summed E-state index contributed by atoms with van der Waals surface area (Å²) in [5, 5.41) is 5.10. The van der Waals surface area contributed by atoms with Crippen molar-refractivity contribution in [1.82, 2.24) is 15.1 Å². The number of benzene rings is 1. The van der Waals surface area contributed by atoms with Gasteiger partial charge in [-0.15, -0.1) is 11.3 Å². The van der Waals surface area contributed by atoms with Crippen LogP contribution in [0.15, 0.2) is 41.8 Å². The first-order chi connectivity index (χ1) is 13.1. The van der Waals surface area contributed by atoms with Gasteiger partial charge in [0, 0.05) is 30.6 Å². The number of likely N-dealkylation sites (N-methyl/N-ethyl adjacent to an activating group) is 2. The molecule has 0 radical (unpaired) electrons. The lowest BCUT2D eigenvalue weighted by Gasteiger charge is -2.39. The summed E-state index contributed by atoms with van der Waals surface area (Å²) in [6.07, 6.45) is 0. The molecule has 5 nitrogen and oxygen atoms in total. The second-order valence-corrected chi connectivity index (χ2v) is 7.74. The monoisotopic (exact) mass is 385 g/mol. The summed E-state index contributed by atoms with van der Waals surface area (Å²) in [6, 6.07) is 11.2. The highest BCUT2D eigenvalue weighted by molar-refractivity contribution is 7.10. The van der Waals surface area contributed by atoms with Crippen molar-refractivity contribution in [3.05, 3.63) is 57.8 Å². The average Bonchev–Trinajstić information content (AvgIpc) is 3.22. The zero-order valence-electron chi connectivity index (χ0n) is 16.1. The van der Waals surface area contributed by atoms with Crippen molar-refractivity contribution in [2.24, 2.45) is 0 Å². The van der Waals surface area contributed by atoms with Gasteiger partial charge in [0.2, 0.25) is 5.91 Å². The maximum Gasteiger partial charge on any atom is 0.254 e. The molecule has 1 aliphatic rings. The molecule has 0 saturated heterocycles. The number of hydrogen-bond donors (Lipinski definition) is 1. The fourth-order valence-corrected chi connectivity index (χ4v) is 4.66. The van der Waals surface area contributed by atoms with Crippen LogP contribution in [0, 0.1) is 0 Å². The SMILES string of the molecule is CCN(CC)CCNC(=O)[C@@H]1c2ccccc2C(=O)N(C)[C@@H]1c1cccs1. The molecule has 144 valence electrons. The van der Waals surface area contributed by atoms with Gasteiger partial charge in [-0.2, -0.15) is 0 Å². The van der Waals surface area contributed by atoms with E-state index in [-0.39, 0.29) is 17.9 Å². The number of rotatable bonds is 7. The van der Waals surface area contributed by atoms with Crippen molar-refractivity contribution in [2.75, 3.05) is 33.2 Å². The van der Waals surface area contributed by atoms with Crippen LogP contribution in [0.25, 0.3) is 0 Å². The molecule has 1 aromatic heterocycles. The molecule has 2 amide bonds. The maximum atomic E-state index is 13.2. The number of thiophene rings is 1. The molecular weight excluding hydrogens is 358 g/mol. The van der Waals surface area contributed by atoms with Crippen LogP contribution < -0.4 is 5.32 Å². The molecular formula is C21H27N3O2S. The summed E-state index contributed by atoms with van der Waals surface area (Å²) < 4.78 is 0. The molecule has 0 saturated carbocycles. The number of carbonyl (C=O) groups excluding carboxylic acids is 2. The highest BCUT2D eigenvalue weighted by atomic mass is 32.1. The van der Waals surface area contributed by atoms with Crippen molar-refractivity contribution >= 4 is 23.2 Å². The van der Waals surface area contributed by atoms with Gasteiger partial charge in [0.1, 0.15) is 0 Å². The summed E-state index contributed by atoms with van der Waals surface area (Å²) in [5.41, 5.74) is 1.44. The van der Waals surface area contributed by atoms with Crippen LogP contribution in [0.3, 0.4) is 0 Å². The van der Waals surface area contributed by atoms with E-state index in [9.17, 15) is 9.59 Å². The third-order valence-electron chi connectivity index (χ3n) is 5.32. The van der Waals surface area contributed by atoms with Crippen molar-refractivity contribution in [3.8, 4) is 0 Å². The molecule has 0 fully saturated rings. The Hall–Kier alpha value is -2.18. The Morgan fingerprint density at radius 2 is 1.93 bits per heavy atom. The van der Waals surface area contributed by atoms with Gasteiger partial charge in [0.25, 0.3) is 5.91 Å². The zero-order valence-corrected chi connectivity index (χ0v) is 17.0. The molecule has 6 heteroatoms. The van der Waals surface area contributed by atoms with Crippen molar-refractivity contribution in [3.63, 3.8) is 0 Å². The first kappa shape index (κ1) is 19.6. The zero-order chi connectivity index (χ0) is 19.4. The fraction of sp³-hybridized carbons (Fsp3) is 0.429. The predicted octanol–water partition coefficient (Wildman–Crippen LogP) is 3.12.